The lowest BCUT2D eigenvalue weighted by molar-refractivity contribution is -0.136. The molecule has 2 N–H and O–H groups in total. The molecule has 4 amide bonds. The first-order valence-electron chi connectivity index (χ1n) is 8.12. The first-order valence-corrected chi connectivity index (χ1v) is 8.12. The Kier molecular flexibility index (Phi) is 7.00. The Hall–Kier alpha value is -1.63. The van der Waals surface area contributed by atoms with E-state index >= 15 is 0 Å². The van der Waals surface area contributed by atoms with Gasteiger partial charge >= 0.3 is 6.03 Å². The second kappa shape index (κ2) is 8.29. The van der Waals surface area contributed by atoms with Gasteiger partial charge in [-0.3, -0.25) is 14.5 Å². The molecule has 1 heterocycles. The first-order chi connectivity index (χ1) is 10.7. The lowest BCUT2D eigenvalue weighted by Crippen LogP contribution is -2.48. The smallest absolute Gasteiger partial charge is 0.325 e. The van der Waals surface area contributed by atoms with Crippen LogP contribution in [0.2, 0.25) is 0 Å². The third kappa shape index (κ3) is 5.49. The SMILES string of the molecule is COC[C@]1(C)NC(=O)N(CC(=O)N[C@H](C)CCCC(C)C)C1=O. The molecule has 1 aliphatic rings. The summed E-state index contributed by atoms with van der Waals surface area (Å²) in [6.07, 6.45) is 3.03. The fraction of sp³-hybridized carbons (Fsp3) is 0.812. The number of amides is 4. The van der Waals surface area contributed by atoms with Gasteiger partial charge in [0.15, 0.2) is 0 Å². The number of nitrogens with zero attached hydrogens (tertiary/aromatic N) is 1. The van der Waals surface area contributed by atoms with E-state index in [0.717, 1.165) is 24.2 Å². The molecule has 23 heavy (non-hydrogen) atoms. The number of hydrogen-bond donors (Lipinski definition) is 2. The lowest BCUT2D eigenvalue weighted by Gasteiger charge is -2.20. The highest BCUT2D eigenvalue weighted by molar-refractivity contribution is 6.08. The Bertz CT molecular complexity index is 453. The minimum Gasteiger partial charge on any atom is -0.382 e. The van der Waals surface area contributed by atoms with Crippen LogP contribution < -0.4 is 10.6 Å². The number of methoxy groups -OCH3 is 1. The highest BCUT2D eigenvalue weighted by atomic mass is 16.5. The molecule has 132 valence electrons. The summed E-state index contributed by atoms with van der Waals surface area (Å²) in [6.45, 7) is 7.65. The summed E-state index contributed by atoms with van der Waals surface area (Å²) in [7, 11) is 1.46. The minimum atomic E-state index is -1.10. The third-order valence-corrected chi connectivity index (χ3v) is 3.91. The van der Waals surface area contributed by atoms with Gasteiger partial charge in [-0.05, 0) is 26.2 Å². The molecule has 1 saturated heterocycles. The monoisotopic (exact) mass is 327 g/mol. The van der Waals surface area contributed by atoms with Crippen LogP contribution in [0.25, 0.3) is 0 Å². The van der Waals surface area contributed by atoms with Gasteiger partial charge in [0, 0.05) is 13.2 Å². The van der Waals surface area contributed by atoms with Gasteiger partial charge in [0.1, 0.15) is 12.1 Å². The molecule has 0 aromatic carbocycles. The van der Waals surface area contributed by atoms with Gasteiger partial charge in [0.25, 0.3) is 5.91 Å². The molecular weight excluding hydrogens is 298 g/mol. The molecule has 0 aromatic rings. The van der Waals surface area contributed by atoms with Crippen molar-refractivity contribution in [3.8, 4) is 0 Å². The van der Waals surface area contributed by atoms with Crippen LogP contribution in [0.4, 0.5) is 4.79 Å². The van der Waals surface area contributed by atoms with Crippen LogP contribution in [0, 0.1) is 5.92 Å². The highest BCUT2D eigenvalue weighted by Crippen LogP contribution is 2.17. The van der Waals surface area contributed by atoms with E-state index in [0.29, 0.717) is 5.92 Å². The van der Waals surface area contributed by atoms with Crippen LogP contribution in [0.15, 0.2) is 0 Å². The molecule has 0 aliphatic carbocycles. The van der Waals surface area contributed by atoms with Gasteiger partial charge in [-0.2, -0.15) is 0 Å². The molecule has 0 radical (unpaired) electrons. The Morgan fingerprint density at radius 3 is 2.52 bits per heavy atom. The van der Waals surface area contributed by atoms with E-state index in [1.54, 1.807) is 6.92 Å². The van der Waals surface area contributed by atoms with E-state index in [-0.39, 0.29) is 25.1 Å². The minimum absolute atomic E-state index is 0.0207. The second-order valence-corrected chi connectivity index (χ2v) is 6.88. The standard InChI is InChI=1S/C16H29N3O4/c1-11(2)7-6-8-12(3)17-13(20)9-19-14(21)16(4,10-23-5)18-15(19)22/h11-12H,6-10H2,1-5H3,(H,17,20)(H,18,22)/t12-,16+/m1/s1. The Balaban J connectivity index is 2.48. The van der Waals surface area contributed by atoms with Crippen molar-refractivity contribution in [2.24, 2.45) is 5.92 Å². The second-order valence-electron chi connectivity index (χ2n) is 6.88. The molecule has 0 bridgehead atoms. The summed E-state index contributed by atoms with van der Waals surface area (Å²) in [5, 5.41) is 5.41. The van der Waals surface area contributed by atoms with Crippen LogP contribution in [-0.2, 0) is 14.3 Å². The summed E-state index contributed by atoms with van der Waals surface area (Å²) in [5.74, 6) is -0.124. The normalized spacial score (nSPS) is 22.4. The van der Waals surface area contributed by atoms with E-state index in [1.807, 2.05) is 6.92 Å². The maximum absolute atomic E-state index is 12.3. The predicted octanol–water partition coefficient (Wildman–Crippen LogP) is 1.27. The largest absolute Gasteiger partial charge is 0.382 e. The van der Waals surface area contributed by atoms with Crippen molar-refractivity contribution >= 4 is 17.8 Å². The van der Waals surface area contributed by atoms with Crippen molar-refractivity contribution in [1.29, 1.82) is 0 Å². The van der Waals surface area contributed by atoms with E-state index in [1.165, 1.54) is 7.11 Å². The lowest BCUT2D eigenvalue weighted by atomic mass is 10.0. The van der Waals surface area contributed by atoms with Crippen molar-refractivity contribution in [3.63, 3.8) is 0 Å². The van der Waals surface area contributed by atoms with Crippen LogP contribution in [-0.4, -0.2) is 54.6 Å². The maximum atomic E-state index is 12.3. The Morgan fingerprint density at radius 2 is 1.96 bits per heavy atom. The Morgan fingerprint density at radius 1 is 1.30 bits per heavy atom. The van der Waals surface area contributed by atoms with Crippen LogP contribution in [0.5, 0.6) is 0 Å². The van der Waals surface area contributed by atoms with Crippen molar-refractivity contribution in [2.45, 2.75) is 58.5 Å². The first kappa shape index (κ1) is 19.4. The number of nitrogens with one attached hydrogen (secondary N) is 2. The number of hydrogen-bond acceptors (Lipinski definition) is 4. The number of rotatable bonds is 9. The van der Waals surface area contributed by atoms with E-state index in [4.69, 9.17) is 4.74 Å². The fourth-order valence-electron chi connectivity index (χ4n) is 2.65. The third-order valence-electron chi connectivity index (χ3n) is 3.91. The van der Waals surface area contributed by atoms with Crippen molar-refractivity contribution in [3.05, 3.63) is 0 Å². The van der Waals surface area contributed by atoms with E-state index < -0.39 is 17.5 Å². The zero-order valence-electron chi connectivity index (χ0n) is 14.8. The summed E-state index contributed by atoms with van der Waals surface area (Å²) in [6, 6.07) is -0.537. The molecule has 0 spiro atoms. The topological polar surface area (TPSA) is 87.7 Å². The number of ether oxygens (including phenoxy) is 1. The molecule has 0 unspecified atom stereocenters. The van der Waals surface area contributed by atoms with Crippen LogP contribution in [0.1, 0.15) is 47.0 Å². The zero-order valence-corrected chi connectivity index (χ0v) is 14.8. The van der Waals surface area contributed by atoms with Crippen LogP contribution >= 0.6 is 0 Å². The molecule has 0 aromatic heterocycles. The summed E-state index contributed by atoms with van der Waals surface area (Å²) in [4.78, 5) is 37.2. The van der Waals surface area contributed by atoms with Gasteiger partial charge in [-0.1, -0.05) is 26.7 Å². The fourth-order valence-corrected chi connectivity index (χ4v) is 2.65. The molecule has 7 heteroatoms. The molecular formula is C16H29N3O4. The molecule has 7 nitrogen and oxygen atoms in total. The molecule has 1 fully saturated rings. The van der Waals surface area contributed by atoms with Crippen molar-refractivity contribution in [1.82, 2.24) is 15.5 Å². The highest BCUT2D eigenvalue weighted by Gasteiger charge is 2.48. The molecule has 1 aliphatic heterocycles. The average Bonchev–Trinajstić information content (AvgIpc) is 2.62. The molecule has 1 rings (SSSR count). The molecule has 2 atom stereocenters. The number of urea groups is 1. The van der Waals surface area contributed by atoms with Crippen LogP contribution in [0.3, 0.4) is 0 Å². The average molecular weight is 327 g/mol. The summed E-state index contributed by atoms with van der Waals surface area (Å²) >= 11 is 0. The van der Waals surface area contributed by atoms with E-state index in [2.05, 4.69) is 24.5 Å². The van der Waals surface area contributed by atoms with E-state index in [9.17, 15) is 14.4 Å². The van der Waals surface area contributed by atoms with Gasteiger partial charge < -0.3 is 15.4 Å². The van der Waals surface area contributed by atoms with Crippen molar-refractivity contribution in [2.75, 3.05) is 20.3 Å². The Labute approximate surface area is 138 Å². The zero-order chi connectivity index (χ0) is 17.6. The predicted molar refractivity (Wildman–Crippen MR) is 86.8 cm³/mol. The maximum Gasteiger partial charge on any atom is 0.325 e. The quantitative estimate of drug-likeness (QED) is 0.624. The van der Waals surface area contributed by atoms with Gasteiger partial charge in [-0.25, -0.2) is 4.79 Å². The van der Waals surface area contributed by atoms with Gasteiger partial charge in [0.2, 0.25) is 5.91 Å². The number of carbonyl (C=O) groups is 3. The van der Waals surface area contributed by atoms with Crippen molar-refractivity contribution < 1.29 is 19.1 Å². The number of carbonyl (C=O) groups excluding carboxylic acids is 3. The van der Waals surface area contributed by atoms with Gasteiger partial charge in [-0.15, -0.1) is 0 Å². The summed E-state index contributed by atoms with van der Waals surface area (Å²) < 4.78 is 4.97. The van der Waals surface area contributed by atoms with Gasteiger partial charge in [0.05, 0.1) is 6.61 Å². The summed E-state index contributed by atoms with van der Waals surface area (Å²) in [5.41, 5.74) is -1.10. The number of imide groups is 1. The molecule has 0 saturated carbocycles.